The van der Waals surface area contributed by atoms with Crippen molar-refractivity contribution in [1.82, 2.24) is 10.2 Å². The van der Waals surface area contributed by atoms with E-state index < -0.39 is 5.41 Å². The second-order valence-corrected chi connectivity index (χ2v) is 9.18. The Hall–Kier alpha value is -3.02. The molecule has 0 aromatic heterocycles. The first-order valence-corrected chi connectivity index (χ1v) is 11.0. The molecule has 0 fully saturated rings. The normalized spacial score (nSPS) is 11.2. The summed E-state index contributed by atoms with van der Waals surface area (Å²) >= 11 is 0. The summed E-state index contributed by atoms with van der Waals surface area (Å²) in [6, 6.07) is 15.6. The number of methoxy groups -OCH3 is 1. The largest absolute Gasteiger partial charge is 0.493 e. The summed E-state index contributed by atoms with van der Waals surface area (Å²) in [7, 11) is 1.60. The fourth-order valence-corrected chi connectivity index (χ4v) is 3.09. The van der Waals surface area contributed by atoms with Gasteiger partial charge in [-0.15, -0.1) is 0 Å². The van der Waals surface area contributed by atoms with Crippen LogP contribution in [-0.2, 0) is 22.7 Å². The second-order valence-electron chi connectivity index (χ2n) is 9.18. The average Bonchev–Trinajstić information content (AvgIpc) is 2.76. The van der Waals surface area contributed by atoms with Crippen molar-refractivity contribution in [2.75, 3.05) is 20.2 Å². The fourth-order valence-electron chi connectivity index (χ4n) is 3.09. The number of benzene rings is 2. The molecule has 0 atom stereocenters. The number of carbonyl (C=O) groups is 2. The van der Waals surface area contributed by atoms with Crippen LogP contribution in [0.15, 0.2) is 48.5 Å². The maximum absolute atomic E-state index is 12.8. The van der Waals surface area contributed by atoms with Crippen LogP contribution in [0.2, 0.25) is 0 Å². The van der Waals surface area contributed by atoms with E-state index in [2.05, 4.69) is 5.32 Å². The molecule has 6 heteroatoms. The second kappa shape index (κ2) is 11.6. The van der Waals surface area contributed by atoms with Gasteiger partial charge in [-0.2, -0.15) is 0 Å². The number of hydrogen-bond acceptors (Lipinski definition) is 4. The number of ether oxygens (including phenoxy) is 2. The van der Waals surface area contributed by atoms with E-state index in [0.717, 1.165) is 11.1 Å². The van der Waals surface area contributed by atoms with Crippen LogP contribution in [0.25, 0.3) is 0 Å². The van der Waals surface area contributed by atoms with Crippen LogP contribution in [-0.4, -0.2) is 36.9 Å². The lowest BCUT2D eigenvalue weighted by Gasteiger charge is -2.26. The molecule has 0 saturated carbocycles. The van der Waals surface area contributed by atoms with Crippen molar-refractivity contribution in [3.05, 3.63) is 59.7 Å². The molecule has 6 nitrogen and oxygen atoms in total. The van der Waals surface area contributed by atoms with Crippen LogP contribution in [0.1, 0.15) is 45.7 Å². The molecule has 0 aliphatic heterocycles. The summed E-state index contributed by atoms with van der Waals surface area (Å²) in [6.07, 6.45) is 0. The number of carbonyl (C=O) groups excluding carboxylic acids is 2. The quantitative estimate of drug-likeness (QED) is 0.594. The molecule has 2 amide bonds. The van der Waals surface area contributed by atoms with Gasteiger partial charge < -0.3 is 19.7 Å². The third-order valence-corrected chi connectivity index (χ3v) is 4.99. The van der Waals surface area contributed by atoms with Crippen LogP contribution in [0.5, 0.6) is 11.5 Å². The lowest BCUT2D eigenvalue weighted by molar-refractivity contribution is -0.136. The predicted octanol–water partition coefficient (Wildman–Crippen LogP) is 4.42. The Balaban J connectivity index is 2.07. The fraction of sp³-hybridized carbons (Fsp3) is 0.462. The van der Waals surface area contributed by atoms with Gasteiger partial charge in [-0.25, -0.2) is 0 Å². The number of amides is 2. The minimum Gasteiger partial charge on any atom is -0.493 e. The van der Waals surface area contributed by atoms with Crippen LogP contribution in [0.3, 0.4) is 0 Å². The average molecular weight is 441 g/mol. The maximum Gasteiger partial charge on any atom is 0.225 e. The topological polar surface area (TPSA) is 67.9 Å². The highest BCUT2D eigenvalue weighted by Crippen LogP contribution is 2.29. The SMILES string of the molecule is COc1cc(CN(CCNC(=O)C(C)(C)C)C(=O)C(C)C)ccc1OCc1ccccc1. The zero-order valence-corrected chi connectivity index (χ0v) is 20.1. The van der Waals surface area contributed by atoms with Gasteiger partial charge >= 0.3 is 0 Å². The van der Waals surface area contributed by atoms with Crippen LogP contribution < -0.4 is 14.8 Å². The number of nitrogens with one attached hydrogen (secondary N) is 1. The van der Waals surface area contributed by atoms with Gasteiger partial charge in [0.05, 0.1) is 7.11 Å². The van der Waals surface area contributed by atoms with Crippen molar-refractivity contribution < 1.29 is 19.1 Å². The molecule has 0 unspecified atom stereocenters. The van der Waals surface area contributed by atoms with E-state index in [0.29, 0.717) is 37.7 Å². The highest BCUT2D eigenvalue weighted by molar-refractivity contribution is 5.81. The van der Waals surface area contributed by atoms with E-state index in [1.54, 1.807) is 12.0 Å². The van der Waals surface area contributed by atoms with Crippen molar-refractivity contribution in [1.29, 1.82) is 0 Å². The molecule has 0 aliphatic carbocycles. The number of rotatable bonds is 10. The Bertz CT molecular complexity index is 888. The van der Waals surface area contributed by atoms with Crippen molar-refractivity contribution in [2.24, 2.45) is 11.3 Å². The first-order chi connectivity index (χ1) is 15.1. The monoisotopic (exact) mass is 440 g/mol. The predicted molar refractivity (Wildman–Crippen MR) is 126 cm³/mol. The molecule has 2 aromatic rings. The summed E-state index contributed by atoms with van der Waals surface area (Å²) in [6.45, 7) is 11.1. The molecule has 0 bridgehead atoms. The molecule has 0 radical (unpaired) electrons. The zero-order valence-electron chi connectivity index (χ0n) is 20.1. The highest BCUT2D eigenvalue weighted by Gasteiger charge is 2.22. The van der Waals surface area contributed by atoms with Crippen molar-refractivity contribution in [3.8, 4) is 11.5 Å². The molecular formula is C26H36N2O4. The molecule has 174 valence electrons. The van der Waals surface area contributed by atoms with E-state index in [9.17, 15) is 9.59 Å². The maximum atomic E-state index is 12.8. The third kappa shape index (κ3) is 7.59. The van der Waals surface area contributed by atoms with Gasteiger partial charge in [0.15, 0.2) is 11.5 Å². The van der Waals surface area contributed by atoms with Crippen LogP contribution in [0.4, 0.5) is 0 Å². The van der Waals surface area contributed by atoms with Crippen molar-refractivity contribution in [3.63, 3.8) is 0 Å². The molecule has 2 rings (SSSR count). The zero-order chi connectivity index (χ0) is 23.7. The van der Waals surface area contributed by atoms with E-state index in [4.69, 9.17) is 9.47 Å². The number of nitrogens with zero attached hydrogens (tertiary/aromatic N) is 1. The Labute approximate surface area is 191 Å². The van der Waals surface area contributed by atoms with Gasteiger partial charge in [-0.1, -0.05) is 71.0 Å². The third-order valence-electron chi connectivity index (χ3n) is 4.99. The van der Waals surface area contributed by atoms with Crippen molar-refractivity contribution >= 4 is 11.8 Å². The van der Waals surface area contributed by atoms with Gasteiger partial charge in [0.25, 0.3) is 0 Å². The molecule has 0 heterocycles. The number of hydrogen-bond donors (Lipinski definition) is 1. The first kappa shape index (κ1) is 25.2. The van der Waals surface area contributed by atoms with E-state index in [1.165, 1.54) is 0 Å². The minimum atomic E-state index is -0.462. The first-order valence-electron chi connectivity index (χ1n) is 11.0. The highest BCUT2D eigenvalue weighted by atomic mass is 16.5. The lowest BCUT2D eigenvalue weighted by atomic mass is 9.96. The molecule has 2 aromatic carbocycles. The van der Waals surface area contributed by atoms with Gasteiger partial charge in [0.2, 0.25) is 11.8 Å². The smallest absolute Gasteiger partial charge is 0.225 e. The summed E-state index contributed by atoms with van der Waals surface area (Å²) in [5, 5.41) is 2.92. The molecule has 32 heavy (non-hydrogen) atoms. The molecule has 0 saturated heterocycles. The van der Waals surface area contributed by atoms with E-state index in [-0.39, 0.29) is 17.7 Å². The van der Waals surface area contributed by atoms with E-state index >= 15 is 0 Å². The Morgan fingerprint density at radius 1 is 1.00 bits per heavy atom. The lowest BCUT2D eigenvalue weighted by Crippen LogP contribution is -2.42. The summed E-state index contributed by atoms with van der Waals surface area (Å²) < 4.78 is 11.5. The summed E-state index contributed by atoms with van der Waals surface area (Å²) in [5.41, 5.74) is 1.55. The van der Waals surface area contributed by atoms with E-state index in [1.807, 2.05) is 83.1 Å². The van der Waals surface area contributed by atoms with Crippen LogP contribution >= 0.6 is 0 Å². The van der Waals surface area contributed by atoms with Crippen molar-refractivity contribution in [2.45, 2.75) is 47.8 Å². The molecule has 0 spiro atoms. The Morgan fingerprint density at radius 2 is 1.69 bits per heavy atom. The minimum absolute atomic E-state index is 0.0315. The molecular weight excluding hydrogens is 404 g/mol. The summed E-state index contributed by atoms with van der Waals surface area (Å²) in [4.78, 5) is 26.7. The van der Waals surface area contributed by atoms with Gasteiger partial charge in [0.1, 0.15) is 6.61 Å². The molecule has 1 N–H and O–H groups in total. The van der Waals surface area contributed by atoms with Crippen LogP contribution in [0, 0.1) is 11.3 Å². The molecule has 0 aliphatic rings. The Morgan fingerprint density at radius 3 is 2.28 bits per heavy atom. The van der Waals surface area contributed by atoms with Gasteiger partial charge in [-0.05, 0) is 23.3 Å². The van der Waals surface area contributed by atoms with Gasteiger partial charge in [-0.3, -0.25) is 9.59 Å². The van der Waals surface area contributed by atoms with Gasteiger partial charge in [0, 0.05) is 31.0 Å². The standard InChI is InChI=1S/C26H36N2O4/c1-19(2)24(29)28(15-14-27-25(30)26(3,4)5)17-21-12-13-22(23(16-21)31-6)32-18-20-10-8-7-9-11-20/h7-13,16,19H,14-15,17-18H2,1-6H3,(H,27,30). The summed E-state index contributed by atoms with van der Waals surface area (Å²) in [5.74, 6) is 1.15. The Kier molecular flexibility index (Phi) is 9.12.